The average Bonchev–Trinajstić information content (AvgIpc) is 2.90. The minimum atomic E-state index is -0.602. The van der Waals surface area contributed by atoms with Crippen LogP contribution in [0.2, 0.25) is 0 Å². The van der Waals surface area contributed by atoms with Crippen molar-refractivity contribution >= 4 is 28.7 Å². The molecule has 3 aromatic rings. The van der Waals surface area contributed by atoms with Crippen LogP contribution in [-0.2, 0) is 16.1 Å². The van der Waals surface area contributed by atoms with Crippen molar-refractivity contribution in [2.45, 2.75) is 6.54 Å². The Labute approximate surface area is 136 Å². The normalized spacial score (nSPS) is 10.5. The molecule has 0 saturated heterocycles. The standard InChI is InChI=1S/C17H14N2O5/c1-23-16(21)11-5-4-6-12(9-11)18-15(20)10-19-13-7-2-3-8-14(13)24-17(19)22/h2-9H,10H2,1H3,(H,18,20). The van der Waals surface area contributed by atoms with E-state index in [0.717, 1.165) is 0 Å². The van der Waals surface area contributed by atoms with Gasteiger partial charge in [-0.3, -0.25) is 9.36 Å². The van der Waals surface area contributed by atoms with Gasteiger partial charge in [-0.25, -0.2) is 9.59 Å². The number of hydrogen-bond donors (Lipinski definition) is 1. The van der Waals surface area contributed by atoms with E-state index in [0.29, 0.717) is 22.4 Å². The largest absolute Gasteiger partial charge is 0.465 e. The van der Waals surface area contributed by atoms with E-state index in [1.807, 2.05) is 0 Å². The van der Waals surface area contributed by atoms with Gasteiger partial charge in [0.2, 0.25) is 5.91 Å². The number of para-hydroxylation sites is 2. The Kier molecular flexibility index (Phi) is 4.15. The average molecular weight is 326 g/mol. The number of fused-ring (bicyclic) bond motifs is 1. The van der Waals surface area contributed by atoms with Crippen molar-refractivity contribution in [3.63, 3.8) is 0 Å². The highest BCUT2D eigenvalue weighted by Crippen LogP contribution is 2.14. The molecule has 0 saturated carbocycles. The van der Waals surface area contributed by atoms with E-state index in [-0.39, 0.29) is 6.54 Å². The van der Waals surface area contributed by atoms with Crippen LogP contribution in [0.3, 0.4) is 0 Å². The quantitative estimate of drug-likeness (QED) is 0.741. The molecular weight excluding hydrogens is 312 g/mol. The number of aromatic nitrogens is 1. The topological polar surface area (TPSA) is 90.5 Å². The summed E-state index contributed by atoms with van der Waals surface area (Å²) < 4.78 is 11.0. The second-order valence-corrected chi connectivity index (χ2v) is 5.04. The number of ether oxygens (including phenoxy) is 1. The molecule has 0 aliphatic heterocycles. The Balaban J connectivity index is 1.79. The van der Waals surface area contributed by atoms with Crippen LogP contribution >= 0.6 is 0 Å². The highest BCUT2D eigenvalue weighted by molar-refractivity contribution is 5.94. The van der Waals surface area contributed by atoms with Crippen LogP contribution in [0.5, 0.6) is 0 Å². The molecule has 0 spiro atoms. The first kappa shape index (κ1) is 15.5. The van der Waals surface area contributed by atoms with E-state index in [1.165, 1.54) is 17.7 Å². The molecule has 7 heteroatoms. The summed E-state index contributed by atoms with van der Waals surface area (Å²) in [6.45, 7) is -0.196. The fraction of sp³-hybridized carbons (Fsp3) is 0.118. The predicted octanol–water partition coefficient (Wildman–Crippen LogP) is 2.02. The SMILES string of the molecule is COC(=O)c1cccc(NC(=O)Cn2c(=O)oc3ccccc32)c1. The zero-order valence-corrected chi connectivity index (χ0v) is 12.8. The zero-order chi connectivity index (χ0) is 17.1. The molecule has 2 aromatic carbocycles. The number of oxazole rings is 1. The summed E-state index contributed by atoms with van der Waals surface area (Å²) in [6.07, 6.45) is 0. The summed E-state index contributed by atoms with van der Waals surface area (Å²) in [7, 11) is 1.28. The highest BCUT2D eigenvalue weighted by atomic mass is 16.5. The van der Waals surface area contributed by atoms with Gasteiger partial charge in [0.25, 0.3) is 0 Å². The monoisotopic (exact) mass is 326 g/mol. The number of rotatable bonds is 4. The molecule has 1 N–H and O–H groups in total. The van der Waals surface area contributed by atoms with Gasteiger partial charge in [0.1, 0.15) is 6.54 Å². The number of esters is 1. The number of nitrogens with one attached hydrogen (secondary N) is 1. The summed E-state index contributed by atoms with van der Waals surface area (Å²) in [4.78, 5) is 35.6. The van der Waals surface area contributed by atoms with E-state index in [2.05, 4.69) is 10.1 Å². The lowest BCUT2D eigenvalue weighted by Crippen LogP contribution is -2.24. The molecular formula is C17H14N2O5. The molecule has 0 unspecified atom stereocenters. The van der Waals surface area contributed by atoms with E-state index < -0.39 is 17.6 Å². The first-order valence-corrected chi connectivity index (χ1v) is 7.15. The second-order valence-electron chi connectivity index (χ2n) is 5.04. The van der Waals surface area contributed by atoms with Crippen LogP contribution in [0.25, 0.3) is 11.1 Å². The highest BCUT2D eigenvalue weighted by Gasteiger charge is 2.13. The Morgan fingerprint density at radius 3 is 2.75 bits per heavy atom. The number of carbonyl (C=O) groups is 2. The number of nitrogens with zero attached hydrogens (tertiary/aromatic N) is 1. The summed E-state index contributed by atoms with van der Waals surface area (Å²) in [5.41, 5.74) is 1.72. The smallest absolute Gasteiger partial charge is 0.420 e. The van der Waals surface area contributed by atoms with E-state index in [9.17, 15) is 14.4 Å². The Bertz CT molecular complexity index is 970. The predicted molar refractivity (Wildman–Crippen MR) is 86.9 cm³/mol. The van der Waals surface area contributed by atoms with Crippen molar-refractivity contribution in [3.05, 3.63) is 64.6 Å². The summed E-state index contributed by atoms with van der Waals surface area (Å²) >= 11 is 0. The van der Waals surface area contributed by atoms with Crippen molar-refractivity contribution in [1.82, 2.24) is 4.57 Å². The maximum Gasteiger partial charge on any atom is 0.420 e. The van der Waals surface area contributed by atoms with Crippen LogP contribution < -0.4 is 11.1 Å². The molecule has 0 radical (unpaired) electrons. The van der Waals surface area contributed by atoms with Gasteiger partial charge < -0.3 is 14.5 Å². The Morgan fingerprint density at radius 1 is 1.17 bits per heavy atom. The summed E-state index contributed by atoms with van der Waals surface area (Å²) in [6, 6.07) is 13.2. The first-order chi connectivity index (χ1) is 11.6. The van der Waals surface area contributed by atoms with Gasteiger partial charge in [0.05, 0.1) is 18.2 Å². The van der Waals surface area contributed by atoms with Crippen LogP contribution in [0, 0.1) is 0 Å². The van der Waals surface area contributed by atoms with Gasteiger partial charge in [-0.2, -0.15) is 0 Å². The lowest BCUT2D eigenvalue weighted by atomic mass is 10.2. The third-order valence-electron chi connectivity index (χ3n) is 3.44. The third kappa shape index (κ3) is 3.05. The van der Waals surface area contributed by atoms with Gasteiger partial charge in [0, 0.05) is 5.69 Å². The van der Waals surface area contributed by atoms with Crippen molar-refractivity contribution in [1.29, 1.82) is 0 Å². The van der Waals surface area contributed by atoms with Gasteiger partial charge >= 0.3 is 11.7 Å². The summed E-state index contributed by atoms with van der Waals surface area (Å²) in [5, 5.41) is 2.64. The molecule has 24 heavy (non-hydrogen) atoms. The fourth-order valence-electron chi connectivity index (χ4n) is 2.35. The number of amides is 1. The van der Waals surface area contributed by atoms with E-state index in [4.69, 9.17) is 4.42 Å². The number of methoxy groups -OCH3 is 1. The molecule has 0 fully saturated rings. The van der Waals surface area contributed by atoms with Crippen molar-refractivity contribution in [3.8, 4) is 0 Å². The maximum atomic E-state index is 12.2. The molecule has 122 valence electrons. The molecule has 1 aromatic heterocycles. The van der Waals surface area contributed by atoms with E-state index in [1.54, 1.807) is 42.5 Å². The number of carbonyl (C=O) groups excluding carboxylic acids is 2. The van der Waals surface area contributed by atoms with E-state index >= 15 is 0 Å². The van der Waals surface area contributed by atoms with Crippen molar-refractivity contribution < 1.29 is 18.7 Å². The lowest BCUT2D eigenvalue weighted by Gasteiger charge is -2.07. The third-order valence-corrected chi connectivity index (χ3v) is 3.44. The fourth-order valence-corrected chi connectivity index (χ4v) is 2.35. The van der Waals surface area contributed by atoms with Crippen molar-refractivity contribution in [2.75, 3.05) is 12.4 Å². The molecule has 1 heterocycles. The number of anilines is 1. The van der Waals surface area contributed by atoms with Crippen molar-refractivity contribution in [2.24, 2.45) is 0 Å². The Hall–Kier alpha value is -3.35. The molecule has 0 bridgehead atoms. The second kappa shape index (κ2) is 6.41. The lowest BCUT2D eigenvalue weighted by molar-refractivity contribution is -0.116. The minimum Gasteiger partial charge on any atom is -0.465 e. The molecule has 0 atom stereocenters. The maximum absolute atomic E-state index is 12.2. The first-order valence-electron chi connectivity index (χ1n) is 7.15. The van der Waals surface area contributed by atoms with Gasteiger partial charge in [-0.1, -0.05) is 18.2 Å². The van der Waals surface area contributed by atoms with Gasteiger partial charge in [-0.05, 0) is 30.3 Å². The van der Waals surface area contributed by atoms with Crippen LogP contribution in [0.15, 0.2) is 57.7 Å². The van der Waals surface area contributed by atoms with Gasteiger partial charge in [0.15, 0.2) is 5.58 Å². The van der Waals surface area contributed by atoms with Crippen LogP contribution in [-0.4, -0.2) is 23.6 Å². The molecule has 3 rings (SSSR count). The molecule has 1 amide bonds. The summed E-state index contributed by atoms with van der Waals surface area (Å²) in [5.74, 6) is -1.51. The Morgan fingerprint density at radius 2 is 1.96 bits per heavy atom. The van der Waals surface area contributed by atoms with Crippen LogP contribution in [0.4, 0.5) is 5.69 Å². The molecule has 0 aliphatic rings. The zero-order valence-electron chi connectivity index (χ0n) is 12.8. The minimum absolute atomic E-state index is 0.196. The molecule has 7 nitrogen and oxygen atoms in total. The number of benzene rings is 2. The molecule has 0 aliphatic carbocycles. The number of hydrogen-bond acceptors (Lipinski definition) is 5. The van der Waals surface area contributed by atoms with Gasteiger partial charge in [-0.15, -0.1) is 0 Å². The van der Waals surface area contributed by atoms with Crippen LogP contribution in [0.1, 0.15) is 10.4 Å².